The molecule has 0 amide bonds. The number of halogens is 1. The van der Waals surface area contributed by atoms with Gasteiger partial charge in [0, 0.05) is 17.1 Å². The second-order valence-corrected chi connectivity index (χ2v) is 6.20. The summed E-state index contributed by atoms with van der Waals surface area (Å²) < 4.78 is 7.24. The van der Waals surface area contributed by atoms with Crippen molar-refractivity contribution in [3.63, 3.8) is 0 Å². The number of aromatic nitrogens is 3. The highest BCUT2D eigenvalue weighted by Crippen LogP contribution is 2.27. The Balaban J connectivity index is 2.13. The number of aromatic amines is 1. The molecule has 0 spiro atoms. The van der Waals surface area contributed by atoms with Crippen molar-refractivity contribution >= 4 is 34.0 Å². The molecule has 2 aromatic heterocycles. The van der Waals surface area contributed by atoms with Crippen LogP contribution in [0.1, 0.15) is 23.8 Å². The van der Waals surface area contributed by atoms with Crippen molar-refractivity contribution in [1.29, 1.82) is 0 Å². The van der Waals surface area contributed by atoms with Crippen molar-refractivity contribution in [1.82, 2.24) is 14.5 Å². The van der Waals surface area contributed by atoms with Gasteiger partial charge in [-0.2, -0.15) is 0 Å². The van der Waals surface area contributed by atoms with Crippen LogP contribution in [-0.2, 0) is 6.54 Å². The number of ether oxygens (including phenoxy) is 1. The number of rotatable bonds is 4. The Kier molecular flexibility index (Phi) is 3.73. The quantitative estimate of drug-likeness (QED) is 0.750. The minimum atomic E-state index is -0.228. The van der Waals surface area contributed by atoms with E-state index in [9.17, 15) is 4.79 Å². The first-order valence-corrected chi connectivity index (χ1v) is 7.75. The molecule has 0 aliphatic carbocycles. The van der Waals surface area contributed by atoms with Crippen molar-refractivity contribution in [2.45, 2.75) is 18.8 Å². The monoisotopic (exact) mass is 323 g/mol. The maximum absolute atomic E-state index is 11.3. The number of benzene rings is 1. The highest BCUT2D eigenvalue weighted by atomic mass is 35.5. The van der Waals surface area contributed by atoms with Gasteiger partial charge in [-0.25, -0.2) is 4.98 Å². The van der Waals surface area contributed by atoms with E-state index < -0.39 is 0 Å². The lowest BCUT2D eigenvalue weighted by atomic mass is 10.3. The van der Waals surface area contributed by atoms with Gasteiger partial charge >= 0.3 is 4.87 Å². The van der Waals surface area contributed by atoms with Crippen molar-refractivity contribution < 1.29 is 4.74 Å². The summed E-state index contributed by atoms with van der Waals surface area (Å²) >= 11 is 7.40. The maximum Gasteiger partial charge on any atom is 0.304 e. The Morgan fingerprint density at radius 3 is 2.95 bits per heavy atom. The number of nitrogens with zero attached hydrogens (tertiary/aromatic N) is 2. The fourth-order valence-corrected chi connectivity index (χ4v) is 3.03. The molecule has 5 nitrogen and oxygen atoms in total. The summed E-state index contributed by atoms with van der Waals surface area (Å²) in [6.45, 7) is 2.42. The number of nitrogens with one attached hydrogen (secondary N) is 1. The van der Waals surface area contributed by atoms with Crippen LogP contribution < -0.4 is 9.61 Å². The van der Waals surface area contributed by atoms with Gasteiger partial charge in [0.25, 0.3) is 0 Å². The average Bonchev–Trinajstić information content (AvgIpc) is 3.03. The Morgan fingerprint density at radius 1 is 1.52 bits per heavy atom. The zero-order valence-electron chi connectivity index (χ0n) is 11.6. The number of H-pyrrole nitrogens is 1. The van der Waals surface area contributed by atoms with E-state index in [1.165, 1.54) is 0 Å². The van der Waals surface area contributed by atoms with Crippen LogP contribution in [0.4, 0.5) is 0 Å². The normalized spacial score (nSPS) is 12.7. The highest BCUT2D eigenvalue weighted by Gasteiger charge is 2.16. The van der Waals surface area contributed by atoms with Gasteiger partial charge in [0.15, 0.2) is 0 Å². The van der Waals surface area contributed by atoms with Crippen LogP contribution in [0.5, 0.6) is 5.75 Å². The summed E-state index contributed by atoms with van der Waals surface area (Å²) in [6, 6.07) is 5.72. The zero-order valence-corrected chi connectivity index (χ0v) is 13.2. The van der Waals surface area contributed by atoms with Crippen molar-refractivity contribution in [3.8, 4) is 5.75 Å². The van der Waals surface area contributed by atoms with Gasteiger partial charge in [-0.15, -0.1) is 11.6 Å². The Morgan fingerprint density at radius 2 is 2.33 bits per heavy atom. The van der Waals surface area contributed by atoms with E-state index in [2.05, 4.69) is 9.97 Å². The molecule has 0 aliphatic rings. The van der Waals surface area contributed by atoms with E-state index in [0.717, 1.165) is 39.6 Å². The third-order valence-corrected chi connectivity index (χ3v) is 4.15. The number of thiazole rings is 1. The van der Waals surface area contributed by atoms with Crippen molar-refractivity contribution in [2.24, 2.45) is 0 Å². The zero-order chi connectivity index (χ0) is 15.0. The third-order valence-electron chi connectivity index (χ3n) is 3.24. The molecule has 1 unspecified atom stereocenters. The number of alkyl halides is 1. The van der Waals surface area contributed by atoms with Gasteiger partial charge in [-0.05, 0) is 19.1 Å². The first-order chi connectivity index (χ1) is 10.1. The standard InChI is InChI=1S/C14H14ClN3O2S/c1-8(15)13-17-11-5-10(20-2)3-4-12(11)18(13)6-9-7-21-14(19)16-9/h3-5,7-8H,6H2,1-2H3,(H,16,19). The predicted octanol–water partition coefficient (Wildman–Crippen LogP) is 3.14. The van der Waals surface area contributed by atoms with Gasteiger partial charge in [0.1, 0.15) is 11.6 Å². The molecule has 1 N–H and O–H groups in total. The van der Waals surface area contributed by atoms with Gasteiger partial charge < -0.3 is 14.3 Å². The van der Waals surface area contributed by atoms with Crippen LogP contribution in [0.3, 0.4) is 0 Å². The molecule has 21 heavy (non-hydrogen) atoms. The third kappa shape index (κ3) is 2.69. The van der Waals surface area contributed by atoms with E-state index in [4.69, 9.17) is 16.3 Å². The molecule has 0 saturated carbocycles. The van der Waals surface area contributed by atoms with E-state index >= 15 is 0 Å². The molecule has 7 heteroatoms. The summed E-state index contributed by atoms with van der Waals surface area (Å²) in [5.41, 5.74) is 2.64. The van der Waals surface area contributed by atoms with E-state index in [-0.39, 0.29) is 10.3 Å². The number of methoxy groups -OCH3 is 1. The van der Waals surface area contributed by atoms with E-state index in [0.29, 0.717) is 6.54 Å². The number of hydrogen-bond donors (Lipinski definition) is 1. The smallest absolute Gasteiger partial charge is 0.304 e. The lowest BCUT2D eigenvalue weighted by Crippen LogP contribution is -2.07. The second kappa shape index (κ2) is 5.54. The molecule has 2 heterocycles. The Labute approximate surface area is 130 Å². The number of fused-ring (bicyclic) bond motifs is 1. The number of imidazole rings is 1. The molecule has 0 saturated heterocycles. The van der Waals surface area contributed by atoms with E-state index in [1.807, 2.05) is 35.1 Å². The average molecular weight is 324 g/mol. The summed E-state index contributed by atoms with van der Waals surface area (Å²) in [5.74, 6) is 1.52. The van der Waals surface area contributed by atoms with Gasteiger partial charge in [-0.3, -0.25) is 4.79 Å². The molecular formula is C14H14ClN3O2S. The predicted molar refractivity (Wildman–Crippen MR) is 84.6 cm³/mol. The summed E-state index contributed by atoms with van der Waals surface area (Å²) in [7, 11) is 1.62. The van der Waals surface area contributed by atoms with E-state index in [1.54, 1.807) is 7.11 Å². The minimum absolute atomic E-state index is 0.0587. The molecule has 110 valence electrons. The van der Waals surface area contributed by atoms with Crippen LogP contribution in [-0.4, -0.2) is 21.6 Å². The summed E-state index contributed by atoms with van der Waals surface area (Å²) in [6.07, 6.45) is 0. The van der Waals surface area contributed by atoms with Crippen LogP contribution in [0.2, 0.25) is 0 Å². The van der Waals surface area contributed by atoms with Gasteiger partial charge in [-0.1, -0.05) is 11.3 Å². The molecular weight excluding hydrogens is 310 g/mol. The summed E-state index contributed by atoms with van der Waals surface area (Å²) in [4.78, 5) is 18.6. The molecule has 3 aromatic rings. The van der Waals surface area contributed by atoms with Gasteiger partial charge in [0.05, 0.1) is 30.1 Å². The van der Waals surface area contributed by atoms with Crippen LogP contribution >= 0.6 is 22.9 Å². The molecule has 0 fully saturated rings. The van der Waals surface area contributed by atoms with Crippen molar-refractivity contribution in [3.05, 3.63) is 44.8 Å². The molecule has 0 radical (unpaired) electrons. The maximum atomic E-state index is 11.3. The topological polar surface area (TPSA) is 59.9 Å². The van der Waals surface area contributed by atoms with Crippen LogP contribution in [0.25, 0.3) is 11.0 Å². The molecule has 3 rings (SSSR count). The first-order valence-electron chi connectivity index (χ1n) is 6.43. The van der Waals surface area contributed by atoms with Crippen LogP contribution in [0, 0.1) is 0 Å². The lowest BCUT2D eigenvalue weighted by Gasteiger charge is -2.09. The minimum Gasteiger partial charge on any atom is -0.497 e. The summed E-state index contributed by atoms with van der Waals surface area (Å²) in [5, 5.41) is 1.59. The number of hydrogen-bond acceptors (Lipinski definition) is 4. The first kappa shape index (κ1) is 14.2. The highest BCUT2D eigenvalue weighted by molar-refractivity contribution is 7.07. The fraction of sp³-hybridized carbons (Fsp3) is 0.286. The largest absolute Gasteiger partial charge is 0.497 e. The molecule has 1 atom stereocenters. The Bertz CT molecular complexity index is 834. The second-order valence-electron chi connectivity index (χ2n) is 4.70. The van der Waals surface area contributed by atoms with Crippen molar-refractivity contribution in [2.75, 3.05) is 7.11 Å². The Hall–Kier alpha value is -1.79. The fourth-order valence-electron chi connectivity index (χ4n) is 2.29. The lowest BCUT2D eigenvalue weighted by molar-refractivity contribution is 0.415. The molecule has 0 bridgehead atoms. The van der Waals surface area contributed by atoms with Crippen LogP contribution in [0.15, 0.2) is 28.4 Å². The van der Waals surface area contributed by atoms with Gasteiger partial charge in [0.2, 0.25) is 0 Å². The SMILES string of the molecule is COc1ccc2c(c1)nc(C(C)Cl)n2Cc1csc(=O)[nH]1. The molecule has 0 aliphatic heterocycles. The molecule has 1 aromatic carbocycles.